The highest BCUT2D eigenvalue weighted by atomic mass is 19.1. The maximum absolute atomic E-state index is 13.0. The number of halogens is 1. The second-order valence-corrected chi connectivity index (χ2v) is 4.78. The lowest BCUT2D eigenvalue weighted by atomic mass is 10.1. The smallest absolute Gasteiger partial charge is 0.123 e. The highest BCUT2D eigenvalue weighted by Gasteiger charge is 2.10. The van der Waals surface area contributed by atoms with Gasteiger partial charge in [-0.1, -0.05) is 13.0 Å². The summed E-state index contributed by atoms with van der Waals surface area (Å²) < 4.78 is 13.0. The number of nitriles is 1. The van der Waals surface area contributed by atoms with E-state index in [0.717, 1.165) is 30.0 Å². The van der Waals surface area contributed by atoms with E-state index in [4.69, 9.17) is 0 Å². The summed E-state index contributed by atoms with van der Waals surface area (Å²) in [4.78, 5) is 1.88. The first-order valence-electron chi connectivity index (χ1n) is 6.88. The van der Waals surface area contributed by atoms with Gasteiger partial charge in [0, 0.05) is 19.3 Å². The van der Waals surface area contributed by atoms with Crippen molar-refractivity contribution in [2.24, 2.45) is 0 Å². The molecule has 0 aliphatic carbocycles. The SMILES string of the molecule is CCNCc1ccc(N(C)c2ccc(F)cc2)c(C#N)c1. The fraction of sp³-hybridized carbons (Fsp3) is 0.235. The van der Waals surface area contributed by atoms with Crippen LogP contribution in [0.4, 0.5) is 15.8 Å². The average Bonchev–Trinajstić information content (AvgIpc) is 2.52. The second kappa shape index (κ2) is 6.87. The number of nitrogens with one attached hydrogen (secondary N) is 1. The molecule has 2 rings (SSSR count). The van der Waals surface area contributed by atoms with Crippen molar-refractivity contribution in [1.29, 1.82) is 5.26 Å². The number of anilines is 2. The van der Waals surface area contributed by atoms with Gasteiger partial charge in [0.05, 0.1) is 11.3 Å². The average molecular weight is 283 g/mol. The molecular formula is C17H18FN3. The molecule has 0 aliphatic rings. The summed E-state index contributed by atoms with van der Waals surface area (Å²) in [5, 5.41) is 12.6. The Morgan fingerprint density at radius 1 is 1.19 bits per heavy atom. The van der Waals surface area contributed by atoms with Gasteiger partial charge in [-0.2, -0.15) is 5.26 Å². The maximum Gasteiger partial charge on any atom is 0.123 e. The zero-order valence-corrected chi connectivity index (χ0v) is 12.2. The standard InChI is InChI=1S/C17H18FN3/c1-3-20-12-13-4-9-17(14(10-13)11-19)21(2)16-7-5-15(18)6-8-16/h4-10,20H,3,12H2,1-2H3. The summed E-state index contributed by atoms with van der Waals surface area (Å²) in [6.07, 6.45) is 0. The first-order valence-corrected chi connectivity index (χ1v) is 6.88. The molecule has 1 N–H and O–H groups in total. The number of nitrogens with zero attached hydrogens (tertiary/aromatic N) is 2. The lowest BCUT2D eigenvalue weighted by molar-refractivity contribution is 0.628. The van der Waals surface area contributed by atoms with E-state index in [9.17, 15) is 9.65 Å². The van der Waals surface area contributed by atoms with Crippen LogP contribution >= 0.6 is 0 Å². The molecule has 0 aromatic heterocycles. The third-order valence-corrected chi connectivity index (χ3v) is 3.34. The van der Waals surface area contributed by atoms with E-state index >= 15 is 0 Å². The first-order chi connectivity index (χ1) is 10.2. The van der Waals surface area contributed by atoms with E-state index in [2.05, 4.69) is 11.4 Å². The molecule has 0 saturated heterocycles. The minimum Gasteiger partial charge on any atom is -0.344 e. The summed E-state index contributed by atoms with van der Waals surface area (Å²) in [5.41, 5.74) is 3.33. The second-order valence-electron chi connectivity index (χ2n) is 4.78. The molecule has 0 spiro atoms. The van der Waals surface area contributed by atoms with Crippen LogP contribution in [0.1, 0.15) is 18.1 Å². The lowest BCUT2D eigenvalue weighted by Crippen LogP contribution is -2.14. The van der Waals surface area contributed by atoms with Crippen LogP contribution in [0.3, 0.4) is 0 Å². The van der Waals surface area contributed by atoms with Gasteiger partial charge in [0.15, 0.2) is 0 Å². The molecule has 2 aromatic carbocycles. The van der Waals surface area contributed by atoms with Gasteiger partial charge in [-0.05, 0) is 48.5 Å². The van der Waals surface area contributed by atoms with Crippen molar-refractivity contribution in [3.8, 4) is 6.07 Å². The molecule has 0 radical (unpaired) electrons. The highest BCUT2D eigenvalue weighted by molar-refractivity contribution is 5.69. The number of hydrogen-bond donors (Lipinski definition) is 1. The van der Waals surface area contributed by atoms with Crippen LogP contribution < -0.4 is 10.2 Å². The van der Waals surface area contributed by atoms with Crippen molar-refractivity contribution >= 4 is 11.4 Å². The summed E-state index contributed by atoms with van der Waals surface area (Å²) in [6.45, 7) is 3.67. The molecule has 0 saturated carbocycles. The molecule has 0 bridgehead atoms. The van der Waals surface area contributed by atoms with Crippen molar-refractivity contribution < 1.29 is 4.39 Å². The quantitative estimate of drug-likeness (QED) is 0.911. The van der Waals surface area contributed by atoms with Gasteiger partial charge in [0.25, 0.3) is 0 Å². The minimum atomic E-state index is -0.270. The van der Waals surface area contributed by atoms with Crippen LogP contribution in [0.2, 0.25) is 0 Å². The van der Waals surface area contributed by atoms with Crippen molar-refractivity contribution in [3.05, 3.63) is 59.4 Å². The minimum absolute atomic E-state index is 0.270. The number of rotatable bonds is 5. The third-order valence-electron chi connectivity index (χ3n) is 3.34. The van der Waals surface area contributed by atoms with E-state index in [1.165, 1.54) is 12.1 Å². The molecule has 0 fully saturated rings. The molecule has 0 heterocycles. The van der Waals surface area contributed by atoms with Crippen LogP contribution in [0, 0.1) is 17.1 Å². The topological polar surface area (TPSA) is 39.1 Å². The predicted octanol–water partition coefficient (Wildman–Crippen LogP) is 3.57. The molecular weight excluding hydrogens is 265 g/mol. The zero-order chi connectivity index (χ0) is 15.2. The Kier molecular flexibility index (Phi) is 4.91. The normalized spacial score (nSPS) is 10.2. The van der Waals surface area contributed by atoms with Crippen LogP contribution in [0.25, 0.3) is 0 Å². The van der Waals surface area contributed by atoms with E-state index in [1.807, 2.05) is 37.1 Å². The van der Waals surface area contributed by atoms with Gasteiger partial charge < -0.3 is 10.2 Å². The van der Waals surface area contributed by atoms with Gasteiger partial charge in [0.2, 0.25) is 0 Å². The van der Waals surface area contributed by atoms with Crippen molar-refractivity contribution in [2.45, 2.75) is 13.5 Å². The largest absolute Gasteiger partial charge is 0.344 e. The molecule has 0 amide bonds. The van der Waals surface area contributed by atoms with Gasteiger partial charge in [-0.15, -0.1) is 0 Å². The third kappa shape index (κ3) is 3.59. The Hall–Kier alpha value is -2.38. The lowest BCUT2D eigenvalue weighted by Gasteiger charge is -2.21. The van der Waals surface area contributed by atoms with Gasteiger partial charge in [-0.3, -0.25) is 0 Å². The molecule has 4 heteroatoms. The first kappa shape index (κ1) is 15.0. The Balaban J connectivity index is 2.30. The van der Waals surface area contributed by atoms with Crippen LogP contribution in [-0.2, 0) is 6.54 Å². The molecule has 108 valence electrons. The summed E-state index contributed by atoms with van der Waals surface area (Å²) >= 11 is 0. The van der Waals surface area contributed by atoms with E-state index in [0.29, 0.717) is 5.56 Å². The zero-order valence-electron chi connectivity index (χ0n) is 12.2. The van der Waals surface area contributed by atoms with E-state index in [1.54, 1.807) is 12.1 Å². The molecule has 21 heavy (non-hydrogen) atoms. The van der Waals surface area contributed by atoms with E-state index in [-0.39, 0.29) is 5.82 Å². The number of benzene rings is 2. The fourth-order valence-corrected chi connectivity index (χ4v) is 2.15. The maximum atomic E-state index is 13.0. The van der Waals surface area contributed by atoms with Crippen molar-refractivity contribution in [2.75, 3.05) is 18.5 Å². The Morgan fingerprint density at radius 3 is 2.52 bits per heavy atom. The fourth-order valence-electron chi connectivity index (χ4n) is 2.15. The highest BCUT2D eigenvalue weighted by Crippen LogP contribution is 2.27. The van der Waals surface area contributed by atoms with Crippen LogP contribution in [0.5, 0.6) is 0 Å². The van der Waals surface area contributed by atoms with Gasteiger partial charge >= 0.3 is 0 Å². The van der Waals surface area contributed by atoms with Crippen molar-refractivity contribution in [1.82, 2.24) is 5.32 Å². The number of hydrogen-bond acceptors (Lipinski definition) is 3. The summed E-state index contributed by atoms with van der Waals surface area (Å²) in [6, 6.07) is 14.3. The Morgan fingerprint density at radius 2 is 1.90 bits per heavy atom. The monoisotopic (exact) mass is 283 g/mol. The molecule has 0 atom stereocenters. The Bertz CT molecular complexity index is 644. The van der Waals surface area contributed by atoms with Crippen LogP contribution in [0.15, 0.2) is 42.5 Å². The van der Waals surface area contributed by atoms with Gasteiger partial charge in [-0.25, -0.2) is 4.39 Å². The Labute approximate surface area is 124 Å². The molecule has 0 unspecified atom stereocenters. The molecule has 3 nitrogen and oxygen atoms in total. The summed E-state index contributed by atoms with van der Waals surface area (Å²) in [5.74, 6) is -0.270. The summed E-state index contributed by atoms with van der Waals surface area (Å²) in [7, 11) is 1.87. The molecule has 2 aromatic rings. The van der Waals surface area contributed by atoms with Crippen LogP contribution in [-0.4, -0.2) is 13.6 Å². The molecule has 0 aliphatic heterocycles. The van der Waals surface area contributed by atoms with Crippen molar-refractivity contribution in [3.63, 3.8) is 0 Å². The van der Waals surface area contributed by atoms with E-state index < -0.39 is 0 Å². The predicted molar refractivity (Wildman–Crippen MR) is 83.0 cm³/mol. The van der Waals surface area contributed by atoms with Gasteiger partial charge in [0.1, 0.15) is 11.9 Å².